The van der Waals surface area contributed by atoms with Gasteiger partial charge in [0.25, 0.3) is 0 Å². The van der Waals surface area contributed by atoms with Crippen LogP contribution >= 0.6 is 35.2 Å². The lowest BCUT2D eigenvalue weighted by molar-refractivity contribution is 0.0601. The Balaban J connectivity index is 1.70. The van der Waals surface area contributed by atoms with Gasteiger partial charge in [-0.15, -0.1) is 11.3 Å². The lowest BCUT2D eigenvalue weighted by Crippen LogP contribution is -2.20. The summed E-state index contributed by atoms with van der Waals surface area (Å²) in [6.45, 7) is 4.55. The Morgan fingerprint density at radius 1 is 1.34 bits per heavy atom. The number of thiophene rings is 1. The number of ether oxygens (including phenoxy) is 1. The molecule has 0 amide bonds. The summed E-state index contributed by atoms with van der Waals surface area (Å²) >= 11 is 13.1. The molecule has 0 radical (unpaired) electrons. The molecule has 6 nitrogen and oxygen atoms in total. The summed E-state index contributed by atoms with van der Waals surface area (Å²) in [5, 5.41) is 12.3. The van der Waals surface area contributed by atoms with Crippen molar-refractivity contribution >= 4 is 56.9 Å². The number of hydrogen-bond acceptors (Lipinski definition) is 5. The molecule has 2 aromatic heterocycles. The monoisotopic (exact) mass is 448 g/mol. The van der Waals surface area contributed by atoms with E-state index in [9.17, 15) is 4.79 Å². The normalized spacial score (nSPS) is 10.6. The van der Waals surface area contributed by atoms with Gasteiger partial charge < -0.3 is 15.4 Å². The molecule has 0 spiro atoms. The molecule has 0 unspecified atom stereocenters. The van der Waals surface area contributed by atoms with Crippen LogP contribution in [-0.2, 0) is 17.7 Å². The van der Waals surface area contributed by atoms with Crippen molar-refractivity contribution in [1.82, 2.24) is 9.78 Å². The van der Waals surface area contributed by atoms with Crippen LogP contribution in [0.1, 0.15) is 33.3 Å². The minimum atomic E-state index is -0.371. The van der Waals surface area contributed by atoms with Crippen LogP contribution in [0.25, 0.3) is 0 Å². The fourth-order valence-electron chi connectivity index (χ4n) is 2.99. The first-order chi connectivity index (χ1) is 13.9. The van der Waals surface area contributed by atoms with Crippen molar-refractivity contribution in [1.29, 1.82) is 0 Å². The van der Waals surface area contributed by atoms with Gasteiger partial charge in [0, 0.05) is 16.1 Å². The molecule has 0 aliphatic heterocycles. The molecular formula is C20H21ClN4O2S2. The Bertz CT molecular complexity index is 1050. The summed E-state index contributed by atoms with van der Waals surface area (Å²) in [6, 6.07) is 7.65. The SMILES string of the molecule is CCc1c(C)sc(NC(=S)Nc2cnn(Cc3ccccc3Cl)c2)c1C(=O)OC. The highest BCUT2D eigenvalue weighted by molar-refractivity contribution is 7.80. The zero-order chi connectivity index (χ0) is 21.0. The standard InChI is InChI=1S/C20H21ClN4O2S2/c1-4-15-12(2)29-18(17(15)19(26)27-3)24-20(28)23-14-9-22-25(11-14)10-13-7-5-6-8-16(13)21/h5-9,11H,4,10H2,1-3H3,(H2,23,24,28). The molecule has 9 heteroatoms. The highest BCUT2D eigenvalue weighted by atomic mass is 35.5. The fraction of sp³-hybridized carbons (Fsp3) is 0.250. The summed E-state index contributed by atoms with van der Waals surface area (Å²) in [6.07, 6.45) is 4.27. The minimum Gasteiger partial charge on any atom is -0.465 e. The number of aromatic nitrogens is 2. The highest BCUT2D eigenvalue weighted by Gasteiger charge is 2.22. The Morgan fingerprint density at radius 3 is 2.79 bits per heavy atom. The smallest absolute Gasteiger partial charge is 0.341 e. The predicted molar refractivity (Wildman–Crippen MR) is 122 cm³/mol. The predicted octanol–water partition coefficient (Wildman–Crippen LogP) is 5.11. The second-order valence-corrected chi connectivity index (χ2v) is 8.32. The van der Waals surface area contributed by atoms with Crippen molar-refractivity contribution < 1.29 is 9.53 Å². The van der Waals surface area contributed by atoms with Crippen molar-refractivity contribution in [3.05, 3.63) is 63.2 Å². The number of thiocarbonyl (C=S) groups is 1. The molecule has 0 bridgehead atoms. The van der Waals surface area contributed by atoms with E-state index in [4.69, 9.17) is 28.6 Å². The van der Waals surface area contributed by atoms with E-state index in [0.717, 1.165) is 28.1 Å². The molecule has 1 aromatic carbocycles. The summed E-state index contributed by atoms with van der Waals surface area (Å²) in [5.74, 6) is -0.371. The van der Waals surface area contributed by atoms with Gasteiger partial charge >= 0.3 is 5.97 Å². The number of esters is 1. The topological polar surface area (TPSA) is 68.2 Å². The number of hydrogen-bond donors (Lipinski definition) is 2. The van der Waals surface area contributed by atoms with Crippen LogP contribution in [0.2, 0.25) is 5.02 Å². The highest BCUT2D eigenvalue weighted by Crippen LogP contribution is 2.34. The third kappa shape index (κ3) is 4.95. The molecule has 0 aliphatic rings. The van der Waals surface area contributed by atoms with Crippen molar-refractivity contribution in [2.24, 2.45) is 0 Å². The van der Waals surface area contributed by atoms with E-state index >= 15 is 0 Å². The van der Waals surface area contributed by atoms with E-state index in [1.165, 1.54) is 18.4 Å². The zero-order valence-electron chi connectivity index (χ0n) is 16.3. The summed E-state index contributed by atoms with van der Waals surface area (Å²) in [4.78, 5) is 13.3. The fourth-order valence-corrected chi connectivity index (χ4v) is 4.61. The van der Waals surface area contributed by atoms with Crippen molar-refractivity contribution in [3.8, 4) is 0 Å². The van der Waals surface area contributed by atoms with Gasteiger partial charge in [0.1, 0.15) is 5.00 Å². The number of carbonyl (C=O) groups excluding carboxylic acids is 1. The molecule has 29 heavy (non-hydrogen) atoms. The third-order valence-electron chi connectivity index (χ3n) is 4.36. The van der Waals surface area contributed by atoms with Gasteiger partial charge in [-0.2, -0.15) is 5.10 Å². The van der Waals surface area contributed by atoms with Crippen molar-refractivity contribution in [3.63, 3.8) is 0 Å². The molecule has 0 fully saturated rings. The largest absolute Gasteiger partial charge is 0.465 e. The number of nitrogens with zero attached hydrogens (tertiary/aromatic N) is 2. The van der Waals surface area contributed by atoms with Crippen LogP contribution in [0.5, 0.6) is 0 Å². The lowest BCUT2D eigenvalue weighted by Gasteiger charge is -2.09. The number of nitrogens with one attached hydrogen (secondary N) is 2. The molecule has 3 aromatic rings. The van der Waals surface area contributed by atoms with Crippen LogP contribution in [0.15, 0.2) is 36.7 Å². The number of methoxy groups -OCH3 is 1. The first kappa shape index (κ1) is 21.3. The molecule has 2 N–H and O–H groups in total. The molecule has 3 rings (SSSR count). The average molecular weight is 449 g/mol. The molecule has 0 atom stereocenters. The molecule has 0 saturated heterocycles. The Hall–Kier alpha value is -2.42. The molecule has 0 aliphatic carbocycles. The molecule has 152 valence electrons. The van der Waals surface area contributed by atoms with Crippen molar-refractivity contribution in [2.45, 2.75) is 26.8 Å². The Kier molecular flexibility index (Phi) is 6.89. The molecular weight excluding hydrogens is 428 g/mol. The van der Waals surface area contributed by atoms with E-state index < -0.39 is 0 Å². The number of anilines is 2. The number of aryl methyl sites for hydroxylation is 1. The number of halogens is 1. The molecule has 2 heterocycles. The Morgan fingerprint density at radius 2 is 2.10 bits per heavy atom. The van der Waals surface area contributed by atoms with Gasteiger partial charge in [0.2, 0.25) is 0 Å². The van der Waals surface area contributed by atoms with Gasteiger partial charge in [-0.3, -0.25) is 4.68 Å². The number of carbonyl (C=O) groups is 1. The van der Waals surface area contributed by atoms with Crippen LogP contribution < -0.4 is 10.6 Å². The van der Waals surface area contributed by atoms with Gasteiger partial charge in [0.15, 0.2) is 5.11 Å². The quantitative estimate of drug-likeness (QED) is 0.403. The number of benzene rings is 1. The van der Waals surface area contributed by atoms with Gasteiger partial charge in [0.05, 0.1) is 31.1 Å². The summed E-state index contributed by atoms with van der Waals surface area (Å²) in [7, 11) is 1.38. The van der Waals surface area contributed by atoms with Gasteiger partial charge in [-0.05, 0) is 42.8 Å². The summed E-state index contributed by atoms with van der Waals surface area (Å²) < 4.78 is 6.72. The van der Waals surface area contributed by atoms with Crippen LogP contribution in [-0.4, -0.2) is 28.0 Å². The van der Waals surface area contributed by atoms with E-state index in [-0.39, 0.29) is 5.97 Å². The van der Waals surface area contributed by atoms with E-state index in [1.807, 2.05) is 44.3 Å². The van der Waals surface area contributed by atoms with Gasteiger partial charge in [-0.1, -0.05) is 36.7 Å². The van der Waals surface area contributed by atoms with Crippen LogP contribution in [0.3, 0.4) is 0 Å². The van der Waals surface area contributed by atoms with E-state index in [2.05, 4.69) is 15.7 Å². The summed E-state index contributed by atoms with van der Waals surface area (Å²) in [5.41, 5.74) is 3.22. The van der Waals surface area contributed by atoms with E-state index in [0.29, 0.717) is 27.2 Å². The molecule has 0 saturated carbocycles. The Labute approximate surface area is 183 Å². The maximum Gasteiger partial charge on any atom is 0.341 e. The second-order valence-electron chi connectivity index (χ2n) is 6.28. The maximum atomic E-state index is 12.2. The second kappa shape index (κ2) is 9.39. The number of rotatable bonds is 6. The average Bonchev–Trinajstić information content (AvgIpc) is 3.26. The third-order valence-corrected chi connectivity index (χ3v) is 6.00. The zero-order valence-corrected chi connectivity index (χ0v) is 18.7. The van der Waals surface area contributed by atoms with Crippen LogP contribution in [0, 0.1) is 6.92 Å². The van der Waals surface area contributed by atoms with Crippen molar-refractivity contribution in [2.75, 3.05) is 17.7 Å². The van der Waals surface area contributed by atoms with Gasteiger partial charge in [-0.25, -0.2) is 4.79 Å². The first-order valence-electron chi connectivity index (χ1n) is 8.97. The lowest BCUT2D eigenvalue weighted by atomic mass is 10.1. The van der Waals surface area contributed by atoms with E-state index in [1.54, 1.807) is 10.9 Å². The van der Waals surface area contributed by atoms with Crippen LogP contribution in [0.4, 0.5) is 10.7 Å². The maximum absolute atomic E-state index is 12.2. The minimum absolute atomic E-state index is 0.371. The first-order valence-corrected chi connectivity index (χ1v) is 10.6.